The summed E-state index contributed by atoms with van der Waals surface area (Å²) in [5.74, 6) is -1.29. The topological polar surface area (TPSA) is 84.5 Å². The van der Waals surface area contributed by atoms with Gasteiger partial charge in [-0.25, -0.2) is 12.8 Å². The Morgan fingerprint density at radius 3 is 2.26 bits per heavy atom. The summed E-state index contributed by atoms with van der Waals surface area (Å²) >= 11 is 5.55. The minimum Gasteiger partial charge on any atom is -0.478 e. The predicted molar refractivity (Wildman–Crippen MR) is 123 cm³/mol. The van der Waals surface area contributed by atoms with Crippen LogP contribution in [0.15, 0.2) is 71.6 Å². The summed E-state index contributed by atoms with van der Waals surface area (Å²) in [4.78, 5) is 12.3. The highest BCUT2D eigenvalue weighted by Crippen LogP contribution is 2.36. The zero-order valence-corrected chi connectivity index (χ0v) is 19.6. The van der Waals surface area contributed by atoms with Crippen molar-refractivity contribution in [3.05, 3.63) is 83.1 Å². The summed E-state index contributed by atoms with van der Waals surface area (Å²) in [5.41, 5.74) is -1.27. The maximum atomic E-state index is 13.8. The summed E-state index contributed by atoms with van der Waals surface area (Å²) in [6.45, 7) is 1.67. The molecule has 0 spiro atoms. The van der Waals surface area contributed by atoms with Crippen molar-refractivity contribution < 1.29 is 35.5 Å². The fourth-order valence-corrected chi connectivity index (χ4v) is 4.25. The number of rotatable bonds is 8. The summed E-state index contributed by atoms with van der Waals surface area (Å²) in [7, 11) is -4.24. The molecule has 3 rings (SSSR count). The molecule has 186 valence electrons. The number of carbonyl (C=O) groups excluding carboxylic acids is 1. The highest BCUT2D eigenvalue weighted by molar-refractivity contribution is 7.92. The van der Waals surface area contributed by atoms with Gasteiger partial charge in [-0.2, -0.15) is 13.2 Å². The van der Waals surface area contributed by atoms with Crippen LogP contribution < -0.4 is 14.8 Å². The van der Waals surface area contributed by atoms with E-state index in [0.29, 0.717) is 6.07 Å². The van der Waals surface area contributed by atoms with Crippen LogP contribution in [-0.4, -0.2) is 20.4 Å². The second-order valence-corrected chi connectivity index (χ2v) is 9.35. The van der Waals surface area contributed by atoms with Crippen LogP contribution in [0.3, 0.4) is 0 Å². The lowest BCUT2D eigenvalue weighted by molar-refractivity contribution is -0.137. The quantitative estimate of drug-likeness (QED) is 0.345. The third kappa shape index (κ3) is 6.64. The highest BCUT2D eigenvalue weighted by Gasteiger charge is 2.33. The molecule has 0 unspecified atom stereocenters. The second kappa shape index (κ2) is 10.5. The van der Waals surface area contributed by atoms with E-state index in [1.165, 1.54) is 30.3 Å². The molecule has 0 aliphatic rings. The number of halogens is 5. The first kappa shape index (κ1) is 26.3. The summed E-state index contributed by atoms with van der Waals surface area (Å²) in [6, 6.07) is 13.2. The fraction of sp³-hybridized carbons (Fsp3) is 0.174. The normalized spacial score (nSPS) is 12.6. The maximum Gasteiger partial charge on any atom is 0.417 e. The summed E-state index contributed by atoms with van der Waals surface area (Å²) < 4.78 is 85.6. The van der Waals surface area contributed by atoms with Gasteiger partial charge in [0.05, 0.1) is 15.5 Å². The molecule has 2 N–H and O–H groups in total. The predicted octanol–water partition coefficient (Wildman–Crippen LogP) is 6.09. The van der Waals surface area contributed by atoms with E-state index in [1.807, 2.05) is 0 Å². The largest absolute Gasteiger partial charge is 0.478 e. The molecule has 0 saturated heterocycles. The molecule has 35 heavy (non-hydrogen) atoms. The summed E-state index contributed by atoms with van der Waals surface area (Å²) in [6.07, 6.45) is -5.54. The van der Waals surface area contributed by atoms with Crippen LogP contribution in [0.2, 0.25) is 5.02 Å². The van der Waals surface area contributed by atoms with Crippen molar-refractivity contribution in [2.45, 2.75) is 30.5 Å². The Bertz CT molecular complexity index is 1320. The van der Waals surface area contributed by atoms with Crippen molar-refractivity contribution in [3.8, 4) is 5.75 Å². The minimum atomic E-state index is -4.76. The fourth-order valence-electron chi connectivity index (χ4n) is 2.98. The maximum absolute atomic E-state index is 13.8. The molecular formula is C23H19ClF4N2O4S. The number of para-hydroxylation sites is 1. The van der Waals surface area contributed by atoms with Gasteiger partial charge in [0.15, 0.2) is 17.7 Å². The molecule has 0 aromatic heterocycles. The Labute approximate surface area is 203 Å². The van der Waals surface area contributed by atoms with E-state index in [9.17, 15) is 30.8 Å². The third-order valence-corrected chi connectivity index (χ3v) is 6.45. The van der Waals surface area contributed by atoms with Crippen LogP contribution in [-0.2, 0) is 21.0 Å². The van der Waals surface area contributed by atoms with E-state index in [2.05, 4.69) is 10.0 Å². The number of anilines is 2. The average molecular weight is 531 g/mol. The molecule has 0 heterocycles. The van der Waals surface area contributed by atoms with E-state index in [4.69, 9.17) is 16.3 Å². The average Bonchev–Trinajstić information content (AvgIpc) is 2.79. The lowest BCUT2D eigenvalue weighted by Gasteiger charge is -2.18. The first-order valence-corrected chi connectivity index (χ1v) is 12.0. The van der Waals surface area contributed by atoms with Crippen LogP contribution >= 0.6 is 11.6 Å². The zero-order valence-electron chi connectivity index (χ0n) is 18.1. The smallest absolute Gasteiger partial charge is 0.417 e. The van der Waals surface area contributed by atoms with E-state index in [0.717, 1.165) is 24.3 Å². The molecule has 12 heteroatoms. The van der Waals surface area contributed by atoms with Crippen LogP contribution in [0.1, 0.15) is 18.9 Å². The molecule has 0 bridgehead atoms. The molecule has 3 aromatic carbocycles. The number of amides is 1. The molecule has 0 aliphatic carbocycles. The zero-order chi connectivity index (χ0) is 25.8. The molecule has 0 fully saturated rings. The van der Waals surface area contributed by atoms with Gasteiger partial charge in [0.1, 0.15) is 0 Å². The van der Waals surface area contributed by atoms with Gasteiger partial charge in [-0.15, -0.1) is 0 Å². The highest BCUT2D eigenvalue weighted by atomic mass is 35.5. The third-order valence-electron chi connectivity index (χ3n) is 4.73. The number of benzene rings is 3. The van der Waals surface area contributed by atoms with Crippen LogP contribution in [0.5, 0.6) is 5.75 Å². The van der Waals surface area contributed by atoms with Crippen molar-refractivity contribution in [3.63, 3.8) is 0 Å². The Balaban J connectivity index is 1.71. The Kier molecular flexibility index (Phi) is 7.91. The lowest BCUT2D eigenvalue weighted by atomic mass is 10.2. The number of nitrogens with one attached hydrogen (secondary N) is 2. The van der Waals surface area contributed by atoms with Gasteiger partial charge < -0.3 is 10.1 Å². The van der Waals surface area contributed by atoms with Crippen LogP contribution in [0.4, 0.5) is 28.9 Å². The van der Waals surface area contributed by atoms with Gasteiger partial charge in [0.2, 0.25) is 0 Å². The molecule has 1 amide bonds. The number of carbonyl (C=O) groups is 1. The lowest BCUT2D eigenvalue weighted by Crippen LogP contribution is -2.32. The molecule has 0 saturated carbocycles. The Morgan fingerprint density at radius 2 is 1.66 bits per heavy atom. The number of hydrogen-bond acceptors (Lipinski definition) is 4. The minimum absolute atomic E-state index is 0.0853. The summed E-state index contributed by atoms with van der Waals surface area (Å²) in [5, 5.41) is 1.99. The van der Waals surface area contributed by atoms with Gasteiger partial charge in [-0.1, -0.05) is 30.7 Å². The molecule has 3 aromatic rings. The van der Waals surface area contributed by atoms with Gasteiger partial charge >= 0.3 is 6.18 Å². The van der Waals surface area contributed by atoms with Crippen molar-refractivity contribution >= 4 is 38.9 Å². The number of hydrogen-bond donors (Lipinski definition) is 2. The van der Waals surface area contributed by atoms with E-state index in [-0.39, 0.29) is 28.4 Å². The van der Waals surface area contributed by atoms with Crippen LogP contribution in [0.25, 0.3) is 0 Å². The van der Waals surface area contributed by atoms with E-state index < -0.39 is 44.6 Å². The van der Waals surface area contributed by atoms with Crippen molar-refractivity contribution in [1.82, 2.24) is 0 Å². The first-order valence-electron chi connectivity index (χ1n) is 10.1. The van der Waals surface area contributed by atoms with Crippen molar-refractivity contribution in [2.75, 3.05) is 10.0 Å². The van der Waals surface area contributed by atoms with Crippen molar-refractivity contribution in [1.29, 1.82) is 0 Å². The molecule has 6 nitrogen and oxygen atoms in total. The van der Waals surface area contributed by atoms with Crippen LogP contribution in [0, 0.1) is 5.82 Å². The van der Waals surface area contributed by atoms with Gasteiger partial charge in [-0.3, -0.25) is 9.52 Å². The Morgan fingerprint density at radius 1 is 1.03 bits per heavy atom. The number of ether oxygens (including phenoxy) is 1. The van der Waals surface area contributed by atoms with E-state index >= 15 is 0 Å². The van der Waals surface area contributed by atoms with E-state index in [1.54, 1.807) is 13.0 Å². The van der Waals surface area contributed by atoms with Gasteiger partial charge in [0, 0.05) is 11.4 Å². The molecular weight excluding hydrogens is 512 g/mol. The second-order valence-electron chi connectivity index (χ2n) is 7.26. The monoisotopic (exact) mass is 530 g/mol. The standard InChI is InChI=1S/C23H19ClF4N2O4S/c1-2-20(34-21-6-4-3-5-19(21)25)22(31)29-14-7-10-16(11-8-14)35(32,33)30-15-9-12-18(24)17(13-15)23(26,27)28/h3-13,20,30H,2H2,1H3,(H,29,31)/t20-/m0/s1. The van der Waals surface area contributed by atoms with Crippen molar-refractivity contribution in [2.24, 2.45) is 0 Å². The molecule has 0 aliphatic heterocycles. The molecule has 0 radical (unpaired) electrons. The van der Waals surface area contributed by atoms with Gasteiger partial charge in [-0.05, 0) is 61.0 Å². The number of alkyl halides is 3. The SMILES string of the molecule is CC[C@H](Oc1ccccc1F)C(=O)Nc1ccc(S(=O)(=O)Nc2ccc(Cl)c(C(F)(F)F)c2)cc1. The molecule has 1 atom stereocenters. The Hall–Kier alpha value is -3.31. The van der Waals surface area contributed by atoms with Gasteiger partial charge in [0.25, 0.3) is 15.9 Å². The number of sulfonamides is 1. The first-order chi connectivity index (χ1) is 16.4.